The summed E-state index contributed by atoms with van der Waals surface area (Å²) < 4.78 is 125. The molecule has 2 aliphatic rings. The van der Waals surface area contributed by atoms with Gasteiger partial charge in [0.2, 0.25) is 15.9 Å². The van der Waals surface area contributed by atoms with Crippen LogP contribution in [0.15, 0.2) is 48.7 Å². The Bertz CT molecular complexity index is 2720. The number of carbonyl (C=O) groups is 1. The molecule has 6 aromatic rings. The van der Waals surface area contributed by atoms with Gasteiger partial charge in [0, 0.05) is 53.9 Å². The van der Waals surface area contributed by atoms with E-state index in [2.05, 4.69) is 20.2 Å². The number of halogens is 7. The number of pyridine rings is 1. The van der Waals surface area contributed by atoms with Gasteiger partial charge in [-0.15, -0.1) is 0 Å². The number of fused-ring (bicyclic) bond motifs is 5. The van der Waals surface area contributed by atoms with Crippen LogP contribution in [0.5, 0.6) is 0 Å². The fourth-order valence-electron chi connectivity index (χ4n) is 8.00. The summed E-state index contributed by atoms with van der Waals surface area (Å²) in [5.74, 6) is -8.23. The first-order chi connectivity index (χ1) is 27.4. The van der Waals surface area contributed by atoms with Crippen LogP contribution < -0.4 is 10.0 Å². The van der Waals surface area contributed by atoms with E-state index in [0.717, 1.165) is 24.8 Å². The molecule has 1 fully saturated rings. The summed E-state index contributed by atoms with van der Waals surface area (Å²) in [6, 6.07) is 8.23. The minimum Gasteiger partial charge on any atom is -0.361 e. The van der Waals surface area contributed by atoms with Gasteiger partial charge in [0.25, 0.3) is 12.3 Å². The molecule has 0 spiro atoms. The van der Waals surface area contributed by atoms with Crippen molar-refractivity contribution >= 4 is 55.3 Å². The van der Waals surface area contributed by atoms with Crippen LogP contribution >= 0.6 is 11.6 Å². The summed E-state index contributed by atoms with van der Waals surface area (Å²) in [7, 11) is -2.26. The molecule has 3 atom stereocenters. The lowest BCUT2D eigenvalue weighted by atomic mass is 9.93. The zero-order valence-corrected chi connectivity index (χ0v) is 32.6. The first kappa shape index (κ1) is 39.7. The van der Waals surface area contributed by atoms with E-state index in [-0.39, 0.29) is 52.6 Å². The molecule has 2 aliphatic carbocycles. The Kier molecular flexibility index (Phi) is 9.99. The molecule has 58 heavy (non-hydrogen) atoms. The average molecular weight is 849 g/mol. The number of ether oxygens (including phenoxy) is 1. The summed E-state index contributed by atoms with van der Waals surface area (Å²) in [5.41, 5.74) is -0.0503. The number of nitrogens with zero attached hydrogens (tertiary/aromatic N) is 6. The zero-order valence-electron chi connectivity index (χ0n) is 31.0. The van der Waals surface area contributed by atoms with Crippen molar-refractivity contribution in [3.63, 3.8) is 0 Å². The lowest BCUT2D eigenvalue weighted by Gasteiger charge is -2.23. The number of benzene rings is 2. The van der Waals surface area contributed by atoms with Crippen LogP contribution in [-0.4, -0.2) is 56.3 Å². The lowest BCUT2D eigenvalue weighted by molar-refractivity contribution is -0.123. The van der Waals surface area contributed by atoms with Gasteiger partial charge in [0.1, 0.15) is 41.9 Å². The Labute approximate surface area is 332 Å². The van der Waals surface area contributed by atoms with Crippen molar-refractivity contribution in [2.75, 3.05) is 17.6 Å². The molecule has 8 rings (SSSR count). The molecule has 0 saturated heterocycles. The number of aryl methyl sites for hydroxylation is 1. The lowest BCUT2D eigenvalue weighted by Crippen LogP contribution is -2.35. The van der Waals surface area contributed by atoms with E-state index in [4.69, 9.17) is 21.3 Å². The molecular weight excluding hydrogens is 814 g/mol. The normalized spacial score (nSPS) is 17.6. The molecule has 1 saturated carbocycles. The molecule has 0 unspecified atom stereocenters. The maximum absolute atomic E-state index is 15.5. The largest absolute Gasteiger partial charge is 0.361 e. The minimum absolute atomic E-state index is 0.0342. The van der Waals surface area contributed by atoms with Gasteiger partial charge in [-0.1, -0.05) is 24.6 Å². The number of sulfonamides is 1. The molecule has 2 aromatic carbocycles. The summed E-state index contributed by atoms with van der Waals surface area (Å²) in [6.07, 6.45) is 0.00793. The quantitative estimate of drug-likeness (QED) is 0.0846. The van der Waals surface area contributed by atoms with E-state index < -0.39 is 75.7 Å². The first-order valence-corrected chi connectivity index (χ1v) is 20.4. The summed E-state index contributed by atoms with van der Waals surface area (Å²) >= 11 is 6.64. The number of hydrogen-bond acceptors (Lipinski definition) is 7. The van der Waals surface area contributed by atoms with Crippen molar-refractivity contribution < 1.29 is 44.3 Å². The van der Waals surface area contributed by atoms with Crippen molar-refractivity contribution in [1.82, 2.24) is 34.4 Å². The third-order valence-corrected chi connectivity index (χ3v) is 11.2. The van der Waals surface area contributed by atoms with Gasteiger partial charge in [-0.05, 0) is 61.1 Å². The van der Waals surface area contributed by atoms with E-state index >= 15 is 8.78 Å². The molecule has 306 valence electrons. The number of anilines is 1. The Morgan fingerprint density at radius 2 is 1.81 bits per heavy atom. The van der Waals surface area contributed by atoms with E-state index in [1.54, 1.807) is 36.0 Å². The van der Waals surface area contributed by atoms with Crippen LogP contribution in [0.25, 0.3) is 33.1 Å². The van der Waals surface area contributed by atoms with Crippen molar-refractivity contribution in [3.05, 3.63) is 93.5 Å². The molecule has 0 radical (unpaired) electrons. The van der Waals surface area contributed by atoms with Gasteiger partial charge in [0.15, 0.2) is 5.82 Å². The molecule has 12 nitrogen and oxygen atoms in total. The topological polar surface area (TPSA) is 138 Å². The Balaban J connectivity index is 1.30. The number of aromatic nitrogens is 6. The van der Waals surface area contributed by atoms with E-state index in [1.807, 2.05) is 6.92 Å². The second-order valence-electron chi connectivity index (χ2n) is 14.6. The van der Waals surface area contributed by atoms with Crippen LogP contribution in [-0.2, 0) is 52.2 Å². The maximum Gasteiger partial charge on any atom is 0.293 e. The van der Waals surface area contributed by atoms with Gasteiger partial charge in [-0.25, -0.2) is 31.0 Å². The SMILES string of the molecule is CCCOCn1ccc2cc(-c3ccc(Cl)c4c(NS(C)(=O)=O)nn(C)c34)c([C@H](Cc3cc(F)cc(F)c3)NC(=O)Cn3nc(C(F)F)c4c3C(F)(F)[C@@H]3C[C@H]43)nc21. The molecule has 0 bridgehead atoms. The first-order valence-electron chi connectivity index (χ1n) is 18.2. The highest BCUT2D eigenvalue weighted by Gasteiger charge is 2.67. The van der Waals surface area contributed by atoms with Crippen LogP contribution in [0.2, 0.25) is 5.02 Å². The fourth-order valence-corrected chi connectivity index (χ4v) is 8.73. The molecule has 0 aliphatic heterocycles. The standard InChI is InChI=1S/C38H35ClF6N8O4S/c1-4-9-57-17-52-8-7-19-13-23(22-5-6-26(39)30-33(22)51(2)49-36(30)50-58(3,55)56)31(47-37(19)52)27(12-18-10-20(40)14-21(41)11-18)46-28(54)16-53-34-29(32(48-53)35(42)43)24-15-25(24)38(34,44)45/h5-8,10-11,13-14,24-25,27,35H,4,9,12,15-17H2,1-3H3,(H,46,54)(H,49,50)/t24-,25+,27-/m0/s1. The van der Waals surface area contributed by atoms with Gasteiger partial charge in [0.05, 0.1) is 33.9 Å². The number of alkyl halides is 4. The highest BCUT2D eigenvalue weighted by atomic mass is 35.5. The minimum atomic E-state index is -3.82. The average Bonchev–Trinajstić information content (AvgIpc) is 3.42. The molecule has 4 heterocycles. The van der Waals surface area contributed by atoms with Crippen molar-refractivity contribution in [1.29, 1.82) is 0 Å². The third-order valence-electron chi connectivity index (χ3n) is 10.3. The van der Waals surface area contributed by atoms with Crippen molar-refractivity contribution in [2.45, 2.75) is 63.8 Å². The second-order valence-corrected chi connectivity index (χ2v) is 16.8. The molecular formula is C38H35ClF6N8O4S. The molecule has 2 N–H and O–H groups in total. The Hall–Kier alpha value is -5.14. The van der Waals surface area contributed by atoms with E-state index in [1.165, 1.54) is 10.7 Å². The third kappa shape index (κ3) is 7.16. The number of amides is 1. The highest BCUT2D eigenvalue weighted by molar-refractivity contribution is 7.92. The Morgan fingerprint density at radius 3 is 2.50 bits per heavy atom. The molecule has 4 aromatic heterocycles. The number of carbonyl (C=O) groups excluding carboxylic acids is 1. The van der Waals surface area contributed by atoms with Gasteiger partial charge in [-0.3, -0.25) is 18.9 Å². The second kappa shape index (κ2) is 14.6. The number of nitrogens with one attached hydrogen (secondary N) is 2. The van der Waals surface area contributed by atoms with Crippen molar-refractivity contribution in [2.24, 2.45) is 13.0 Å². The van der Waals surface area contributed by atoms with Crippen LogP contribution in [0, 0.1) is 17.6 Å². The summed E-state index contributed by atoms with van der Waals surface area (Å²) in [4.78, 5) is 19.1. The van der Waals surface area contributed by atoms with Crippen LogP contribution in [0.3, 0.4) is 0 Å². The number of rotatable bonds is 14. The summed E-state index contributed by atoms with van der Waals surface area (Å²) in [6.45, 7) is 1.59. The monoisotopic (exact) mass is 848 g/mol. The predicted molar refractivity (Wildman–Crippen MR) is 202 cm³/mol. The van der Waals surface area contributed by atoms with E-state index in [0.29, 0.717) is 45.0 Å². The predicted octanol–water partition coefficient (Wildman–Crippen LogP) is 7.72. The van der Waals surface area contributed by atoms with Crippen LogP contribution in [0.4, 0.5) is 32.2 Å². The van der Waals surface area contributed by atoms with Gasteiger partial charge < -0.3 is 14.6 Å². The fraction of sp³-hybridized carbons (Fsp3) is 0.368. The Morgan fingerprint density at radius 1 is 1.07 bits per heavy atom. The van der Waals surface area contributed by atoms with E-state index in [9.17, 15) is 30.8 Å². The number of hydrogen-bond donors (Lipinski definition) is 2. The molecule has 20 heteroatoms. The van der Waals surface area contributed by atoms with Crippen molar-refractivity contribution in [3.8, 4) is 11.1 Å². The highest BCUT2D eigenvalue weighted by Crippen LogP contribution is 2.68. The van der Waals surface area contributed by atoms with Gasteiger partial charge >= 0.3 is 0 Å². The smallest absolute Gasteiger partial charge is 0.293 e. The summed E-state index contributed by atoms with van der Waals surface area (Å²) in [5, 5.41) is 11.9. The zero-order chi connectivity index (χ0) is 41.4. The van der Waals surface area contributed by atoms with Crippen LogP contribution in [0.1, 0.15) is 66.4 Å². The van der Waals surface area contributed by atoms with Gasteiger partial charge in [-0.2, -0.15) is 19.0 Å². The maximum atomic E-state index is 15.5. The molecule has 1 amide bonds.